The van der Waals surface area contributed by atoms with Gasteiger partial charge in [-0.2, -0.15) is 0 Å². The quantitative estimate of drug-likeness (QED) is 0.357. The first-order chi connectivity index (χ1) is 18.9. The van der Waals surface area contributed by atoms with Crippen molar-refractivity contribution in [3.63, 3.8) is 0 Å². The van der Waals surface area contributed by atoms with E-state index in [9.17, 15) is 29.4 Å². The standard InChI is InChI=1S/C29H39N5O6/c1-16(2)14-21-26(37)31-18(4)23(33-28(39)24-22(35)12-9-13-30-24)27(38)32-20(15-19-10-7-6-8-11-19)25(36)17(3)29(40)34(21)5/h6-13,16-18,20-21,23,25,35-36H,14-15H2,1-5H3,(H,31,37)(H,32,38)(H,33,39)/t17-,18-,20+,21?,23+,25+/m1/s1. The zero-order chi connectivity index (χ0) is 29.6. The van der Waals surface area contributed by atoms with Crippen LogP contribution in [0.1, 0.15) is 50.2 Å². The third-order valence-corrected chi connectivity index (χ3v) is 7.19. The summed E-state index contributed by atoms with van der Waals surface area (Å²) in [5.74, 6) is -3.66. The number of aromatic hydroxyl groups is 1. The molecule has 11 heteroatoms. The molecule has 0 spiro atoms. The monoisotopic (exact) mass is 553 g/mol. The Hall–Kier alpha value is -3.99. The van der Waals surface area contributed by atoms with Crippen molar-refractivity contribution in [3.8, 4) is 5.75 Å². The third-order valence-electron chi connectivity index (χ3n) is 7.19. The van der Waals surface area contributed by atoms with Crippen LogP contribution in [0.4, 0.5) is 0 Å². The lowest BCUT2D eigenvalue weighted by Crippen LogP contribution is -2.64. The number of aliphatic hydroxyl groups is 1. The molecule has 0 radical (unpaired) electrons. The van der Waals surface area contributed by atoms with Crippen LogP contribution in [0.15, 0.2) is 48.7 Å². The minimum atomic E-state index is -1.30. The molecule has 0 aliphatic carbocycles. The Morgan fingerprint density at radius 2 is 1.73 bits per heavy atom. The van der Waals surface area contributed by atoms with E-state index in [1.165, 1.54) is 30.3 Å². The molecule has 0 saturated carbocycles. The van der Waals surface area contributed by atoms with E-state index in [1.54, 1.807) is 13.8 Å². The number of hydrogen-bond acceptors (Lipinski definition) is 7. The van der Waals surface area contributed by atoms with Crippen LogP contribution in [0.5, 0.6) is 5.75 Å². The summed E-state index contributed by atoms with van der Waals surface area (Å²) in [6.45, 7) is 6.98. The number of aliphatic hydroxyl groups excluding tert-OH is 1. The summed E-state index contributed by atoms with van der Waals surface area (Å²) in [6, 6.07) is 7.98. The number of amides is 4. The van der Waals surface area contributed by atoms with Gasteiger partial charge in [0.15, 0.2) is 5.69 Å². The van der Waals surface area contributed by atoms with Crippen molar-refractivity contribution < 1.29 is 29.4 Å². The van der Waals surface area contributed by atoms with E-state index in [-0.39, 0.29) is 23.8 Å². The number of hydrogen-bond donors (Lipinski definition) is 5. The van der Waals surface area contributed by atoms with E-state index in [4.69, 9.17) is 0 Å². The number of carbonyl (C=O) groups excluding carboxylic acids is 4. The largest absolute Gasteiger partial charge is 0.505 e. The first kappa shape index (κ1) is 30.6. The van der Waals surface area contributed by atoms with E-state index < -0.39 is 59.8 Å². The summed E-state index contributed by atoms with van der Waals surface area (Å²) in [6.07, 6.45) is 0.597. The molecule has 11 nitrogen and oxygen atoms in total. The Balaban J connectivity index is 2.03. The lowest BCUT2D eigenvalue weighted by Gasteiger charge is -2.37. The highest BCUT2D eigenvalue weighted by Crippen LogP contribution is 2.20. The molecular weight excluding hydrogens is 514 g/mol. The highest BCUT2D eigenvalue weighted by molar-refractivity contribution is 5.98. The van der Waals surface area contributed by atoms with Crippen LogP contribution in [-0.4, -0.2) is 81.0 Å². The molecule has 2 heterocycles. The van der Waals surface area contributed by atoms with Gasteiger partial charge in [0.25, 0.3) is 5.91 Å². The fourth-order valence-corrected chi connectivity index (χ4v) is 4.86. The predicted octanol–water partition coefficient (Wildman–Crippen LogP) is 1.00. The van der Waals surface area contributed by atoms with Crippen LogP contribution >= 0.6 is 0 Å². The van der Waals surface area contributed by atoms with Crippen LogP contribution in [-0.2, 0) is 20.8 Å². The van der Waals surface area contributed by atoms with Crippen molar-refractivity contribution in [1.29, 1.82) is 0 Å². The summed E-state index contributed by atoms with van der Waals surface area (Å²) < 4.78 is 0. The average molecular weight is 554 g/mol. The number of likely N-dealkylation sites (N-methyl/N-ethyl adjacent to an activating group) is 1. The van der Waals surface area contributed by atoms with Crippen LogP contribution in [0, 0.1) is 11.8 Å². The Labute approximate surface area is 234 Å². The zero-order valence-corrected chi connectivity index (χ0v) is 23.5. The maximum Gasteiger partial charge on any atom is 0.274 e. The molecule has 1 aromatic carbocycles. The van der Waals surface area contributed by atoms with Crippen molar-refractivity contribution >= 4 is 23.6 Å². The van der Waals surface area contributed by atoms with Crippen molar-refractivity contribution in [2.45, 2.75) is 70.8 Å². The van der Waals surface area contributed by atoms with Crippen molar-refractivity contribution in [1.82, 2.24) is 25.8 Å². The number of benzene rings is 1. The molecule has 3 rings (SSSR count). The Bertz CT molecular complexity index is 1210. The Kier molecular flexibility index (Phi) is 10.2. The molecule has 1 aromatic heterocycles. The van der Waals surface area contributed by atoms with Gasteiger partial charge in [-0.3, -0.25) is 19.2 Å². The average Bonchev–Trinajstić information content (AvgIpc) is 2.92. The van der Waals surface area contributed by atoms with E-state index in [1.807, 2.05) is 44.2 Å². The zero-order valence-electron chi connectivity index (χ0n) is 23.5. The first-order valence-electron chi connectivity index (χ1n) is 13.4. The van der Waals surface area contributed by atoms with Gasteiger partial charge in [0.05, 0.1) is 24.1 Å². The summed E-state index contributed by atoms with van der Waals surface area (Å²) in [5, 5.41) is 29.7. The fourth-order valence-electron chi connectivity index (χ4n) is 4.86. The van der Waals surface area contributed by atoms with Crippen LogP contribution in [0.3, 0.4) is 0 Å². The van der Waals surface area contributed by atoms with Crippen LogP contribution in [0.2, 0.25) is 0 Å². The number of aromatic nitrogens is 1. The van der Waals surface area contributed by atoms with Gasteiger partial charge in [-0.1, -0.05) is 51.1 Å². The Morgan fingerprint density at radius 3 is 2.35 bits per heavy atom. The molecule has 1 aliphatic rings. The maximum atomic E-state index is 13.7. The summed E-state index contributed by atoms with van der Waals surface area (Å²) in [4.78, 5) is 58.9. The molecule has 216 valence electrons. The molecule has 40 heavy (non-hydrogen) atoms. The summed E-state index contributed by atoms with van der Waals surface area (Å²) >= 11 is 0. The normalized spacial score (nSPS) is 26.4. The SMILES string of the molecule is CC(C)CC1C(=O)N[C@H](C)[C@H](NC(=O)c2ncccc2O)C(=O)N[C@@H](Cc2ccccc2)[C@@H](O)[C@@H](C)C(=O)N1C. The van der Waals surface area contributed by atoms with Gasteiger partial charge in [0.2, 0.25) is 17.7 Å². The van der Waals surface area contributed by atoms with Gasteiger partial charge in [0, 0.05) is 13.2 Å². The third kappa shape index (κ3) is 7.35. The number of nitrogens with one attached hydrogen (secondary N) is 3. The minimum absolute atomic E-state index is 0.0613. The smallest absolute Gasteiger partial charge is 0.274 e. The number of carbonyl (C=O) groups is 4. The molecule has 4 amide bonds. The molecular formula is C29H39N5O6. The van der Waals surface area contributed by atoms with Gasteiger partial charge >= 0.3 is 0 Å². The second kappa shape index (κ2) is 13.4. The minimum Gasteiger partial charge on any atom is -0.505 e. The maximum absolute atomic E-state index is 13.7. The Morgan fingerprint density at radius 1 is 1.05 bits per heavy atom. The highest BCUT2D eigenvalue weighted by atomic mass is 16.3. The van der Waals surface area contributed by atoms with Gasteiger partial charge in [-0.05, 0) is 43.4 Å². The highest BCUT2D eigenvalue weighted by Gasteiger charge is 2.40. The van der Waals surface area contributed by atoms with E-state index in [0.29, 0.717) is 6.42 Å². The molecule has 6 atom stereocenters. The van der Waals surface area contributed by atoms with E-state index >= 15 is 0 Å². The van der Waals surface area contributed by atoms with Gasteiger partial charge in [-0.25, -0.2) is 4.98 Å². The van der Waals surface area contributed by atoms with E-state index in [0.717, 1.165) is 5.56 Å². The molecule has 5 N–H and O–H groups in total. The molecule has 1 aliphatic heterocycles. The van der Waals surface area contributed by atoms with Gasteiger partial charge in [0.1, 0.15) is 17.8 Å². The van der Waals surface area contributed by atoms with Crippen molar-refractivity contribution in [2.75, 3.05) is 7.05 Å². The molecule has 1 fully saturated rings. The van der Waals surface area contributed by atoms with Gasteiger partial charge in [-0.15, -0.1) is 0 Å². The fraction of sp³-hybridized carbons (Fsp3) is 0.483. The molecule has 2 aromatic rings. The molecule has 1 unspecified atom stereocenters. The van der Waals surface area contributed by atoms with Crippen molar-refractivity contribution in [2.24, 2.45) is 11.8 Å². The van der Waals surface area contributed by atoms with Crippen LogP contribution < -0.4 is 16.0 Å². The number of pyridine rings is 1. The van der Waals surface area contributed by atoms with Gasteiger partial charge < -0.3 is 31.1 Å². The van der Waals surface area contributed by atoms with E-state index in [2.05, 4.69) is 20.9 Å². The summed E-state index contributed by atoms with van der Waals surface area (Å²) in [5.41, 5.74) is 0.544. The summed E-state index contributed by atoms with van der Waals surface area (Å²) in [7, 11) is 1.53. The number of rotatable bonds is 6. The van der Waals surface area contributed by atoms with Crippen molar-refractivity contribution in [3.05, 3.63) is 59.9 Å². The molecule has 0 bridgehead atoms. The second-order valence-corrected chi connectivity index (χ2v) is 10.8. The second-order valence-electron chi connectivity index (χ2n) is 10.8. The first-order valence-corrected chi connectivity index (χ1v) is 13.4. The number of nitrogens with zero attached hydrogens (tertiary/aromatic N) is 2. The lowest BCUT2D eigenvalue weighted by molar-refractivity contribution is -0.146. The topological polar surface area (TPSA) is 161 Å². The molecule has 1 saturated heterocycles. The van der Waals surface area contributed by atoms with Crippen LogP contribution in [0.25, 0.3) is 0 Å². The lowest BCUT2D eigenvalue weighted by atomic mass is 9.90. The predicted molar refractivity (Wildman–Crippen MR) is 148 cm³/mol.